The molecule has 4 heteroatoms. The average molecular weight is 273 g/mol. The monoisotopic (exact) mass is 273 g/mol. The van der Waals surface area contributed by atoms with E-state index in [-0.39, 0.29) is 0 Å². The summed E-state index contributed by atoms with van der Waals surface area (Å²) in [5.74, 6) is 0. The summed E-state index contributed by atoms with van der Waals surface area (Å²) in [6.45, 7) is 6.57. The number of rotatable bonds is 5. The highest BCUT2D eigenvalue weighted by Gasteiger charge is 2.09. The molecule has 2 rings (SSSR count). The van der Waals surface area contributed by atoms with Crippen LogP contribution >= 0.6 is 12.2 Å². The maximum absolute atomic E-state index is 5.64. The van der Waals surface area contributed by atoms with Gasteiger partial charge in [0.15, 0.2) is 0 Å². The van der Waals surface area contributed by atoms with Crippen molar-refractivity contribution >= 4 is 28.1 Å². The number of hydrogen-bond donors (Lipinski definition) is 1. The van der Waals surface area contributed by atoms with Crippen LogP contribution in [0.15, 0.2) is 30.3 Å². The predicted octanol–water partition coefficient (Wildman–Crippen LogP) is 2.65. The molecule has 0 saturated heterocycles. The summed E-state index contributed by atoms with van der Waals surface area (Å²) >= 11 is 5.00. The summed E-state index contributed by atoms with van der Waals surface area (Å²) in [6, 6.07) is 10.4. The van der Waals surface area contributed by atoms with Crippen molar-refractivity contribution in [3.8, 4) is 0 Å². The summed E-state index contributed by atoms with van der Waals surface area (Å²) in [7, 11) is 0. The first-order valence-corrected chi connectivity index (χ1v) is 6.87. The van der Waals surface area contributed by atoms with E-state index in [0.717, 1.165) is 24.3 Å². The molecular formula is C15H19N3S. The number of para-hydroxylation sites is 1. The molecule has 0 aliphatic carbocycles. The molecular weight excluding hydrogens is 254 g/mol. The van der Waals surface area contributed by atoms with Crippen molar-refractivity contribution in [1.82, 2.24) is 9.88 Å². The van der Waals surface area contributed by atoms with Crippen LogP contribution in [0.1, 0.15) is 18.2 Å². The maximum Gasteiger partial charge on any atom is 0.0870 e. The second kappa shape index (κ2) is 6.08. The molecule has 0 aliphatic heterocycles. The quantitative estimate of drug-likeness (QED) is 0.850. The molecule has 100 valence electrons. The minimum Gasteiger partial charge on any atom is -0.392 e. The first-order valence-electron chi connectivity index (χ1n) is 6.46. The molecule has 0 unspecified atom stereocenters. The smallest absolute Gasteiger partial charge is 0.0870 e. The first kappa shape index (κ1) is 13.9. The molecule has 0 atom stereocenters. The van der Waals surface area contributed by atoms with Crippen molar-refractivity contribution in [1.29, 1.82) is 0 Å². The third kappa shape index (κ3) is 3.49. The summed E-state index contributed by atoms with van der Waals surface area (Å²) < 4.78 is 0. The molecule has 0 fully saturated rings. The highest BCUT2D eigenvalue weighted by atomic mass is 32.1. The van der Waals surface area contributed by atoms with Gasteiger partial charge in [-0.1, -0.05) is 37.3 Å². The van der Waals surface area contributed by atoms with Crippen molar-refractivity contribution in [2.24, 2.45) is 5.73 Å². The molecule has 0 saturated carbocycles. The normalized spacial score (nSPS) is 11.1. The van der Waals surface area contributed by atoms with Gasteiger partial charge in [-0.3, -0.25) is 9.88 Å². The summed E-state index contributed by atoms with van der Waals surface area (Å²) in [4.78, 5) is 7.34. The van der Waals surface area contributed by atoms with Crippen LogP contribution in [0.5, 0.6) is 0 Å². The van der Waals surface area contributed by atoms with Crippen LogP contribution in [-0.4, -0.2) is 28.0 Å². The van der Waals surface area contributed by atoms with Gasteiger partial charge in [0.2, 0.25) is 0 Å². The Morgan fingerprint density at radius 2 is 2.11 bits per heavy atom. The van der Waals surface area contributed by atoms with E-state index >= 15 is 0 Å². The molecule has 1 aromatic heterocycles. The number of thiocarbonyl (C=S) groups is 1. The third-order valence-corrected chi connectivity index (χ3v) is 3.28. The Morgan fingerprint density at radius 1 is 1.37 bits per heavy atom. The number of nitrogens with zero attached hydrogens (tertiary/aromatic N) is 2. The number of fused-ring (bicyclic) bond motifs is 1. The minimum atomic E-state index is 0.539. The second-order valence-electron chi connectivity index (χ2n) is 4.71. The number of nitrogens with two attached hydrogens (primary N) is 1. The summed E-state index contributed by atoms with van der Waals surface area (Å²) in [5.41, 5.74) is 9.01. The number of aryl methyl sites for hydroxylation is 1. The van der Waals surface area contributed by atoms with Gasteiger partial charge >= 0.3 is 0 Å². The molecule has 19 heavy (non-hydrogen) atoms. The van der Waals surface area contributed by atoms with Gasteiger partial charge < -0.3 is 5.73 Å². The Balaban J connectivity index is 2.35. The lowest BCUT2D eigenvalue weighted by atomic mass is 10.1. The van der Waals surface area contributed by atoms with E-state index < -0.39 is 0 Å². The van der Waals surface area contributed by atoms with E-state index in [2.05, 4.69) is 35.0 Å². The Bertz CT molecular complexity index is 595. The number of pyridine rings is 1. The van der Waals surface area contributed by atoms with E-state index in [1.165, 1.54) is 10.9 Å². The Kier molecular flexibility index (Phi) is 4.45. The van der Waals surface area contributed by atoms with Gasteiger partial charge in [0.05, 0.1) is 10.5 Å². The molecule has 0 bridgehead atoms. The highest BCUT2D eigenvalue weighted by Crippen LogP contribution is 2.19. The van der Waals surface area contributed by atoms with Gasteiger partial charge in [0.1, 0.15) is 0 Å². The van der Waals surface area contributed by atoms with Crippen LogP contribution in [0.2, 0.25) is 0 Å². The summed E-state index contributed by atoms with van der Waals surface area (Å²) in [5, 5.41) is 1.20. The van der Waals surface area contributed by atoms with E-state index in [1.54, 1.807) is 0 Å². The molecule has 2 N–H and O–H groups in total. The highest BCUT2D eigenvalue weighted by molar-refractivity contribution is 7.80. The molecule has 0 amide bonds. The number of hydrogen-bond acceptors (Lipinski definition) is 3. The van der Waals surface area contributed by atoms with E-state index in [0.29, 0.717) is 11.5 Å². The van der Waals surface area contributed by atoms with Crippen molar-refractivity contribution in [2.45, 2.75) is 20.4 Å². The molecule has 2 aromatic rings. The molecule has 0 spiro atoms. The van der Waals surface area contributed by atoms with Crippen molar-refractivity contribution in [3.63, 3.8) is 0 Å². The zero-order valence-electron chi connectivity index (χ0n) is 11.4. The van der Waals surface area contributed by atoms with Gasteiger partial charge in [-0.2, -0.15) is 0 Å². The molecule has 1 aromatic carbocycles. The first-order chi connectivity index (χ1) is 9.10. The SMILES string of the molecule is CCN(CC(N)=S)Cc1cc(C)nc2ccccc12. The van der Waals surface area contributed by atoms with Gasteiger partial charge in [-0.05, 0) is 31.2 Å². The number of likely N-dealkylation sites (N-methyl/N-ethyl adjacent to an activating group) is 1. The van der Waals surface area contributed by atoms with E-state index in [9.17, 15) is 0 Å². The molecule has 1 heterocycles. The van der Waals surface area contributed by atoms with Crippen LogP contribution in [0.4, 0.5) is 0 Å². The lowest BCUT2D eigenvalue weighted by Gasteiger charge is -2.20. The summed E-state index contributed by atoms with van der Waals surface area (Å²) in [6.07, 6.45) is 0. The van der Waals surface area contributed by atoms with Crippen LogP contribution in [0.3, 0.4) is 0 Å². The standard InChI is InChI=1S/C15H19N3S/c1-3-18(10-15(16)19)9-12-8-11(2)17-14-7-5-4-6-13(12)14/h4-8H,3,9-10H2,1-2H3,(H2,16,19). The van der Waals surface area contributed by atoms with Crippen LogP contribution < -0.4 is 5.73 Å². The zero-order valence-corrected chi connectivity index (χ0v) is 12.2. The van der Waals surface area contributed by atoms with Gasteiger partial charge in [-0.25, -0.2) is 0 Å². The van der Waals surface area contributed by atoms with Crippen LogP contribution in [-0.2, 0) is 6.54 Å². The molecule has 3 nitrogen and oxygen atoms in total. The molecule has 0 radical (unpaired) electrons. The van der Waals surface area contributed by atoms with Crippen molar-refractivity contribution in [2.75, 3.05) is 13.1 Å². The van der Waals surface area contributed by atoms with E-state index in [1.807, 2.05) is 19.1 Å². The third-order valence-electron chi connectivity index (χ3n) is 3.15. The predicted molar refractivity (Wildman–Crippen MR) is 84.2 cm³/mol. The van der Waals surface area contributed by atoms with Crippen molar-refractivity contribution < 1.29 is 0 Å². The van der Waals surface area contributed by atoms with Gasteiger partial charge in [0.25, 0.3) is 0 Å². The lowest BCUT2D eigenvalue weighted by molar-refractivity contribution is 0.322. The second-order valence-corrected chi connectivity index (χ2v) is 5.23. The lowest BCUT2D eigenvalue weighted by Crippen LogP contribution is -2.32. The fraction of sp³-hybridized carbons (Fsp3) is 0.333. The van der Waals surface area contributed by atoms with E-state index in [4.69, 9.17) is 18.0 Å². The number of aromatic nitrogens is 1. The Hall–Kier alpha value is -1.52. The largest absolute Gasteiger partial charge is 0.392 e. The van der Waals surface area contributed by atoms with Gasteiger partial charge in [0, 0.05) is 24.2 Å². The maximum atomic E-state index is 5.64. The van der Waals surface area contributed by atoms with Gasteiger partial charge in [-0.15, -0.1) is 0 Å². The Morgan fingerprint density at radius 3 is 2.79 bits per heavy atom. The number of benzene rings is 1. The molecule has 0 aliphatic rings. The topological polar surface area (TPSA) is 42.1 Å². The van der Waals surface area contributed by atoms with Crippen LogP contribution in [0.25, 0.3) is 10.9 Å². The minimum absolute atomic E-state index is 0.539. The fourth-order valence-electron chi connectivity index (χ4n) is 2.27. The zero-order chi connectivity index (χ0) is 13.8. The average Bonchev–Trinajstić information content (AvgIpc) is 2.37. The fourth-order valence-corrected chi connectivity index (χ4v) is 2.45. The van der Waals surface area contributed by atoms with Crippen molar-refractivity contribution in [3.05, 3.63) is 41.6 Å². The Labute approximate surface area is 119 Å². The van der Waals surface area contributed by atoms with Crippen LogP contribution in [0, 0.1) is 6.92 Å².